The highest BCUT2D eigenvalue weighted by Crippen LogP contribution is 2.26. The SMILES string of the molecule is Cc1ccc2oc(C(=O)NCCOc3ccc(C(N)=O)cc3O)cc2c1. The molecule has 0 atom stereocenters. The van der Waals surface area contributed by atoms with Crippen molar-refractivity contribution >= 4 is 22.8 Å². The molecule has 1 aromatic heterocycles. The van der Waals surface area contributed by atoms with Crippen LogP contribution in [-0.2, 0) is 0 Å². The first kappa shape index (κ1) is 17.3. The number of primary amides is 1. The van der Waals surface area contributed by atoms with Gasteiger partial charge in [0.1, 0.15) is 12.2 Å². The summed E-state index contributed by atoms with van der Waals surface area (Å²) in [5, 5.41) is 13.3. The maximum atomic E-state index is 12.1. The van der Waals surface area contributed by atoms with Crippen LogP contribution in [0.25, 0.3) is 11.0 Å². The van der Waals surface area contributed by atoms with Crippen molar-refractivity contribution < 1.29 is 23.8 Å². The lowest BCUT2D eigenvalue weighted by atomic mass is 10.2. The number of furan rings is 1. The van der Waals surface area contributed by atoms with Crippen LogP contribution < -0.4 is 15.8 Å². The number of phenolic OH excluding ortho intramolecular Hbond substituents is 1. The number of hydrogen-bond acceptors (Lipinski definition) is 5. The third-order valence-corrected chi connectivity index (χ3v) is 3.78. The van der Waals surface area contributed by atoms with Crippen LogP contribution in [0, 0.1) is 6.92 Å². The number of carbonyl (C=O) groups excluding carboxylic acids is 2. The van der Waals surface area contributed by atoms with E-state index in [9.17, 15) is 14.7 Å². The molecular formula is C19H18N2O5. The topological polar surface area (TPSA) is 115 Å². The van der Waals surface area contributed by atoms with Gasteiger partial charge < -0.3 is 25.3 Å². The highest BCUT2D eigenvalue weighted by atomic mass is 16.5. The number of amides is 2. The smallest absolute Gasteiger partial charge is 0.287 e. The Morgan fingerprint density at radius 3 is 2.73 bits per heavy atom. The number of nitrogens with two attached hydrogens (primary N) is 1. The zero-order valence-electron chi connectivity index (χ0n) is 14.1. The summed E-state index contributed by atoms with van der Waals surface area (Å²) < 4.78 is 10.9. The first-order valence-corrected chi connectivity index (χ1v) is 7.98. The molecule has 0 fully saturated rings. The number of aryl methyl sites for hydroxylation is 1. The van der Waals surface area contributed by atoms with Gasteiger partial charge in [-0.25, -0.2) is 0 Å². The Kier molecular flexibility index (Phi) is 4.79. The number of carbonyl (C=O) groups is 2. The van der Waals surface area contributed by atoms with E-state index in [-0.39, 0.29) is 41.9 Å². The molecule has 0 aliphatic carbocycles. The number of benzene rings is 2. The minimum absolute atomic E-state index is 0.133. The fourth-order valence-corrected chi connectivity index (χ4v) is 2.48. The number of rotatable bonds is 6. The van der Waals surface area contributed by atoms with Crippen LogP contribution in [0.4, 0.5) is 0 Å². The normalized spacial score (nSPS) is 10.7. The maximum Gasteiger partial charge on any atom is 0.287 e. The fraction of sp³-hybridized carbons (Fsp3) is 0.158. The van der Waals surface area contributed by atoms with Crippen LogP contribution in [0.2, 0.25) is 0 Å². The van der Waals surface area contributed by atoms with E-state index in [1.165, 1.54) is 18.2 Å². The number of hydrogen-bond donors (Lipinski definition) is 3. The lowest BCUT2D eigenvalue weighted by Gasteiger charge is -2.09. The van der Waals surface area contributed by atoms with Crippen molar-refractivity contribution in [1.82, 2.24) is 5.32 Å². The summed E-state index contributed by atoms with van der Waals surface area (Å²) in [6.45, 7) is 2.31. The number of aromatic hydroxyl groups is 1. The second-order valence-electron chi connectivity index (χ2n) is 5.80. The number of fused-ring (bicyclic) bond motifs is 1. The van der Waals surface area contributed by atoms with E-state index >= 15 is 0 Å². The molecule has 0 spiro atoms. The van der Waals surface area contributed by atoms with Gasteiger partial charge in [0.05, 0.1) is 6.54 Å². The number of nitrogens with one attached hydrogen (secondary N) is 1. The van der Waals surface area contributed by atoms with Gasteiger partial charge in [0.25, 0.3) is 5.91 Å². The summed E-state index contributed by atoms with van der Waals surface area (Å²) in [5.74, 6) is -0.765. The van der Waals surface area contributed by atoms with Crippen LogP contribution in [0.5, 0.6) is 11.5 Å². The molecule has 2 amide bonds. The summed E-state index contributed by atoms with van der Waals surface area (Å²) in [6.07, 6.45) is 0. The average Bonchev–Trinajstić information content (AvgIpc) is 3.02. The number of phenols is 1. The Balaban J connectivity index is 1.54. The van der Waals surface area contributed by atoms with E-state index in [0.717, 1.165) is 10.9 Å². The monoisotopic (exact) mass is 354 g/mol. The molecular weight excluding hydrogens is 336 g/mol. The van der Waals surface area contributed by atoms with E-state index in [1.54, 1.807) is 6.07 Å². The third kappa shape index (κ3) is 3.77. The lowest BCUT2D eigenvalue weighted by molar-refractivity contribution is 0.0920. The molecule has 4 N–H and O–H groups in total. The molecule has 1 heterocycles. The first-order valence-electron chi connectivity index (χ1n) is 7.98. The van der Waals surface area contributed by atoms with Gasteiger partial charge in [-0.05, 0) is 43.3 Å². The van der Waals surface area contributed by atoms with Crippen LogP contribution in [0.3, 0.4) is 0 Å². The summed E-state index contributed by atoms with van der Waals surface area (Å²) >= 11 is 0. The minimum Gasteiger partial charge on any atom is -0.504 e. The van der Waals surface area contributed by atoms with Gasteiger partial charge in [-0.1, -0.05) is 11.6 Å². The molecule has 7 heteroatoms. The van der Waals surface area contributed by atoms with Gasteiger partial charge in [0.15, 0.2) is 17.3 Å². The van der Waals surface area contributed by atoms with Crippen molar-refractivity contribution in [2.24, 2.45) is 5.73 Å². The van der Waals surface area contributed by atoms with E-state index in [1.807, 2.05) is 25.1 Å². The second-order valence-corrected chi connectivity index (χ2v) is 5.80. The van der Waals surface area contributed by atoms with Crippen molar-refractivity contribution in [1.29, 1.82) is 0 Å². The molecule has 3 aromatic rings. The Morgan fingerprint density at radius 1 is 1.19 bits per heavy atom. The highest BCUT2D eigenvalue weighted by molar-refractivity contribution is 5.96. The zero-order chi connectivity index (χ0) is 18.7. The van der Waals surface area contributed by atoms with E-state index < -0.39 is 5.91 Å². The molecule has 26 heavy (non-hydrogen) atoms. The van der Waals surface area contributed by atoms with Crippen LogP contribution >= 0.6 is 0 Å². The van der Waals surface area contributed by atoms with Crippen molar-refractivity contribution in [3.05, 3.63) is 59.4 Å². The molecule has 0 saturated carbocycles. The minimum atomic E-state index is -0.639. The van der Waals surface area contributed by atoms with Gasteiger partial charge in [-0.3, -0.25) is 9.59 Å². The van der Waals surface area contributed by atoms with Gasteiger partial charge in [-0.15, -0.1) is 0 Å². The standard InChI is InChI=1S/C19H18N2O5/c1-11-2-4-15-13(8-11)10-17(26-15)19(24)21-6-7-25-16-5-3-12(18(20)23)9-14(16)22/h2-5,8-10,22H,6-7H2,1H3,(H2,20,23)(H,21,24). The number of ether oxygens (including phenoxy) is 1. The van der Waals surface area contributed by atoms with E-state index in [2.05, 4.69) is 5.32 Å². The van der Waals surface area contributed by atoms with E-state index in [0.29, 0.717) is 5.58 Å². The molecule has 3 rings (SSSR count). The summed E-state index contributed by atoms with van der Waals surface area (Å²) in [6, 6.07) is 11.5. The molecule has 2 aromatic carbocycles. The van der Waals surface area contributed by atoms with Gasteiger partial charge in [-0.2, -0.15) is 0 Å². The Morgan fingerprint density at radius 2 is 2.00 bits per heavy atom. The molecule has 0 unspecified atom stereocenters. The predicted molar refractivity (Wildman–Crippen MR) is 95.4 cm³/mol. The zero-order valence-corrected chi connectivity index (χ0v) is 14.1. The molecule has 134 valence electrons. The van der Waals surface area contributed by atoms with Gasteiger partial charge >= 0.3 is 0 Å². The Labute approximate surface area is 149 Å². The molecule has 0 aliphatic heterocycles. The van der Waals surface area contributed by atoms with Crippen molar-refractivity contribution in [2.75, 3.05) is 13.2 Å². The lowest BCUT2D eigenvalue weighted by Crippen LogP contribution is -2.27. The fourth-order valence-electron chi connectivity index (χ4n) is 2.48. The summed E-state index contributed by atoms with van der Waals surface area (Å²) in [4.78, 5) is 23.2. The van der Waals surface area contributed by atoms with Gasteiger partial charge in [0, 0.05) is 10.9 Å². The molecule has 0 saturated heterocycles. The van der Waals surface area contributed by atoms with Crippen LogP contribution in [0.15, 0.2) is 46.9 Å². The van der Waals surface area contributed by atoms with Crippen molar-refractivity contribution in [2.45, 2.75) is 6.92 Å². The largest absolute Gasteiger partial charge is 0.504 e. The molecule has 0 aliphatic rings. The average molecular weight is 354 g/mol. The van der Waals surface area contributed by atoms with E-state index in [4.69, 9.17) is 14.9 Å². The highest BCUT2D eigenvalue weighted by Gasteiger charge is 2.12. The molecule has 7 nitrogen and oxygen atoms in total. The second kappa shape index (κ2) is 7.18. The third-order valence-electron chi connectivity index (χ3n) is 3.78. The molecule has 0 radical (unpaired) electrons. The Bertz CT molecular complexity index is 977. The first-order chi connectivity index (χ1) is 12.4. The van der Waals surface area contributed by atoms with Crippen LogP contribution in [-0.4, -0.2) is 30.1 Å². The van der Waals surface area contributed by atoms with Crippen molar-refractivity contribution in [3.63, 3.8) is 0 Å². The Hall–Kier alpha value is -3.48. The molecule has 0 bridgehead atoms. The van der Waals surface area contributed by atoms with Crippen molar-refractivity contribution in [3.8, 4) is 11.5 Å². The van der Waals surface area contributed by atoms with Gasteiger partial charge in [0.2, 0.25) is 5.91 Å². The summed E-state index contributed by atoms with van der Waals surface area (Å²) in [7, 11) is 0. The predicted octanol–water partition coefficient (Wildman–Crippen LogP) is 2.35. The maximum absolute atomic E-state index is 12.1. The van der Waals surface area contributed by atoms with Crippen LogP contribution in [0.1, 0.15) is 26.5 Å². The quantitative estimate of drug-likeness (QED) is 0.588. The summed E-state index contributed by atoms with van der Waals surface area (Å²) in [5.41, 5.74) is 7.05.